The Balaban J connectivity index is 1.53. The van der Waals surface area contributed by atoms with Gasteiger partial charge in [0.25, 0.3) is 5.91 Å². The minimum Gasteiger partial charge on any atom is -0.481 e. The fourth-order valence-corrected chi connectivity index (χ4v) is 2.39. The summed E-state index contributed by atoms with van der Waals surface area (Å²) in [6, 6.07) is 21.1. The van der Waals surface area contributed by atoms with E-state index in [2.05, 4.69) is 16.0 Å². The first-order valence-corrected chi connectivity index (χ1v) is 8.50. The van der Waals surface area contributed by atoms with Crippen molar-refractivity contribution in [1.82, 2.24) is 0 Å². The monoisotopic (exact) mass is 379 g/mol. The van der Waals surface area contributed by atoms with Gasteiger partial charge in [-0.15, -0.1) is 0 Å². The van der Waals surface area contributed by atoms with E-state index < -0.39 is 17.8 Å². The lowest BCUT2D eigenvalue weighted by Gasteiger charge is -2.11. The van der Waals surface area contributed by atoms with E-state index in [1.54, 1.807) is 42.5 Å². The van der Waals surface area contributed by atoms with Gasteiger partial charge in [-0.05, 0) is 42.5 Å². The molecule has 142 valence electrons. The average molecular weight is 379 g/mol. The third-order valence-electron chi connectivity index (χ3n) is 3.63. The minimum absolute atomic E-state index is 0.00523. The molecule has 0 saturated carbocycles. The van der Waals surface area contributed by atoms with Crippen LogP contribution in [0.4, 0.5) is 26.2 Å². The highest BCUT2D eigenvalue weighted by molar-refractivity contribution is 6.00. The van der Waals surface area contributed by atoms with Crippen molar-refractivity contribution in [2.75, 3.05) is 22.6 Å². The summed E-state index contributed by atoms with van der Waals surface area (Å²) in [5, 5.41) is 8.03. The van der Waals surface area contributed by atoms with Gasteiger partial charge < -0.3 is 20.7 Å². The van der Waals surface area contributed by atoms with Crippen LogP contribution < -0.4 is 20.7 Å². The van der Waals surface area contributed by atoms with E-state index in [9.17, 15) is 14.0 Å². The molecule has 0 spiro atoms. The van der Waals surface area contributed by atoms with Crippen LogP contribution in [0.25, 0.3) is 0 Å². The Morgan fingerprint density at radius 2 is 1.36 bits per heavy atom. The predicted octanol–water partition coefficient (Wildman–Crippen LogP) is 4.49. The summed E-state index contributed by atoms with van der Waals surface area (Å²) in [4.78, 5) is 24.1. The zero-order valence-electron chi connectivity index (χ0n) is 14.8. The second-order valence-corrected chi connectivity index (χ2v) is 5.79. The molecule has 0 aliphatic rings. The summed E-state index contributed by atoms with van der Waals surface area (Å²) < 4.78 is 18.7. The molecule has 3 rings (SSSR count). The van der Waals surface area contributed by atoms with E-state index >= 15 is 0 Å². The molecule has 3 aromatic carbocycles. The van der Waals surface area contributed by atoms with Crippen LogP contribution in [0, 0.1) is 5.82 Å². The van der Waals surface area contributed by atoms with Gasteiger partial charge in [0.15, 0.2) is 18.2 Å². The number of hydrogen-bond donors (Lipinski definition) is 3. The quantitative estimate of drug-likeness (QED) is 0.590. The summed E-state index contributed by atoms with van der Waals surface area (Å²) in [5.74, 6) is -0.981. The number of halogens is 1. The standard InChI is InChI=1S/C21H18FN3O3/c22-18-11-4-5-12-19(18)28-14-20(26)23-16-9-6-10-17(13-16)25-21(27)24-15-7-2-1-3-8-15/h1-13H,14H2,(H,23,26)(H2,24,25,27). The Morgan fingerprint density at radius 1 is 0.750 bits per heavy atom. The molecule has 0 atom stereocenters. The first-order chi connectivity index (χ1) is 13.6. The Hall–Kier alpha value is -3.87. The number of anilines is 3. The Labute approximate surface area is 161 Å². The summed E-state index contributed by atoms with van der Waals surface area (Å²) in [6.07, 6.45) is 0. The molecule has 0 radical (unpaired) electrons. The van der Waals surface area contributed by atoms with Gasteiger partial charge in [-0.3, -0.25) is 4.79 Å². The molecular weight excluding hydrogens is 361 g/mol. The molecule has 3 aromatic rings. The first-order valence-electron chi connectivity index (χ1n) is 8.50. The highest BCUT2D eigenvalue weighted by atomic mass is 19.1. The number of hydrogen-bond acceptors (Lipinski definition) is 3. The number of carbonyl (C=O) groups excluding carboxylic acids is 2. The second-order valence-electron chi connectivity index (χ2n) is 5.79. The topological polar surface area (TPSA) is 79.5 Å². The Kier molecular flexibility index (Phi) is 6.20. The predicted molar refractivity (Wildman–Crippen MR) is 106 cm³/mol. The van der Waals surface area contributed by atoms with E-state index in [1.807, 2.05) is 18.2 Å². The molecule has 6 nitrogen and oxygen atoms in total. The number of benzene rings is 3. The largest absolute Gasteiger partial charge is 0.481 e. The fourth-order valence-electron chi connectivity index (χ4n) is 2.39. The highest BCUT2D eigenvalue weighted by Gasteiger charge is 2.08. The Bertz CT molecular complexity index is 964. The van der Waals surface area contributed by atoms with E-state index in [1.165, 1.54) is 18.2 Å². The van der Waals surface area contributed by atoms with Gasteiger partial charge in [-0.25, -0.2) is 9.18 Å². The van der Waals surface area contributed by atoms with Crippen LogP contribution in [-0.2, 0) is 4.79 Å². The molecule has 3 N–H and O–H groups in total. The molecule has 0 fully saturated rings. The molecule has 0 aliphatic heterocycles. The smallest absolute Gasteiger partial charge is 0.323 e. The third kappa shape index (κ3) is 5.57. The maximum atomic E-state index is 13.5. The maximum Gasteiger partial charge on any atom is 0.323 e. The number of urea groups is 1. The molecule has 7 heteroatoms. The fraction of sp³-hybridized carbons (Fsp3) is 0.0476. The number of carbonyl (C=O) groups is 2. The lowest BCUT2D eigenvalue weighted by atomic mass is 10.2. The van der Waals surface area contributed by atoms with Crippen LogP contribution in [-0.4, -0.2) is 18.5 Å². The lowest BCUT2D eigenvalue weighted by molar-refractivity contribution is -0.118. The number of rotatable bonds is 6. The number of ether oxygens (including phenoxy) is 1. The highest BCUT2D eigenvalue weighted by Crippen LogP contribution is 2.17. The van der Waals surface area contributed by atoms with E-state index in [0.717, 1.165) is 0 Å². The number of amides is 3. The van der Waals surface area contributed by atoms with E-state index in [0.29, 0.717) is 17.1 Å². The average Bonchev–Trinajstić information content (AvgIpc) is 2.68. The molecule has 0 bridgehead atoms. The number of nitrogens with one attached hydrogen (secondary N) is 3. The van der Waals surface area contributed by atoms with Gasteiger partial charge in [-0.2, -0.15) is 0 Å². The van der Waals surface area contributed by atoms with Crippen LogP contribution in [0.3, 0.4) is 0 Å². The Morgan fingerprint density at radius 3 is 2.11 bits per heavy atom. The van der Waals surface area contributed by atoms with Gasteiger partial charge in [0.1, 0.15) is 0 Å². The van der Waals surface area contributed by atoms with Gasteiger partial charge in [0.05, 0.1) is 0 Å². The van der Waals surface area contributed by atoms with Crippen LogP contribution >= 0.6 is 0 Å². The van der Waals surface area contributed by atoms with Crippen molar-refractivity contribution in [3.63, 3.8) is 0 Å². The van der Waals surface area contributed by atoms with Crippen LogP contribution in [0.2, 0.25) is 0 Å². The SMILES string of the molecule is O=C(COc1ccccc1F)Nc1cccc(NC(=O)Nc2ccccc2)c1. The third-order valence-corrected chi connectivity index (χ3v) is 3.63. The van der Waals surface area contributed by atoms with Crippen molar-refractivity contribution < 1.29 is 18.7 Å². The first kappa shape index (κ1) is 18.9. The van der Waals surface area contributed by atoms with Crippen LogP contribution in [0.15, 0.2) is 78.9 Å². The maximum absolute atomic E-state index is 13.5. The van der Waals surface area contributed by atoms with Crippen molar-refractivity contribution in [3.8, 4) is 5.75 Å². The van der Waals surface area contributed by atoms with Crippen molar-refractivity contribution in [2.24, 2.45) is 0 Å². The normalized spacial score (nSPS) is 10.0. The van der Waals surface area contributed by atoms with Gasteiger partial charge in [0, 0.05) is 17.1 Å². The summed E-state index contributed by atoms with van der Waals surface area (Å²) >= 11 is 0. The summed E-state index contributed by atoms with van der Waals surface area (Å²) in [6.45, 7) is -0.340. The van der Waals surface area contributed by atoms with E-state index in [-0.39, 0.29) is 12.4 Å². The van der Waals surface area contributed by atoms with Crippen molar-refractivity contribution in [3.05, 3.63) is 84.7 Å². The molecule has 3 amide bonds. The van der Waals surface area contributed by atoms with Gasteiger partial charge >= 0.3 is 6.03 Å². The summed E-state index contributed by atoms with van der Waals surface area (Å²) in [7, 11) is 0. The molecule has 0 heterocycles. The van der Waals surface area contributed by atoms with Gasteiger partial charge in [0.2, 0.25) is 0 Å². The molecule has 28 heavy (non-hydrogen) atoms. The van der Waals surface area contributed by atoms with E-state index in [4.69, 9.17) is 4.74 Å². The molecule has 0 unspecified atom stereocenters. The lowest BCUT2D eigenvalue weighted by Crippen LogP contribution is -2.21. The van der Waals surface area contributed by atoms with Crippen molar-refractivity contribution >= 4 is 29.0 Å². The number of para-hydroxylation sites is 2. The van der Waals surface area contributed by atoms with Crippen LogP contribution in [0.1, 0.15) is 0 Å². The minimum atomic E-state index is -0.536. The molecular formula is C21H18FN3O3. The molecule has 0 saturated heterocycles. The van der Waals surface area contributed by atoms with Crippen molar-refractivity contribution in [2.45, 2.75) is 0 Å². The van der Waals surface area contributed by atoms with Crippen molar-refractivity contribution in [1.29, 1.82) is 0 Å². The van der Waals surface area contributed by atoms with Crippen LogP contribution in [0.5, 0.6) is 5.75 Å². The zero-order valence-corrected chi connectivity index (χ0v) is 14.8. The summed E-state index contributed by atoms with van der Waals surface area (Å²) in [5.41, 5.74) is 1.63. The second kappa shape index (κ2) is 9.18. The molecule has 0 aliphatic carbocycles. The zero-order chi connectivity index (χ0) is 19.8. The molecule has 0 aromatic heterocycles. The van der Waals surface area contributed by atoms with Gasteiger partial charge in [-0.1, -0.05) is 36.4 Å².